The highest BCUT2D eigenvalue weighted by Crippen LogP contribution is 2.23. The summed E-state index contributed by atoms with van der Waals surface area (Å²) in [6.45, 7) is 4.10. The van der Waals surface area contributed by atoms with E-state index in [9.17, 15) is 8.42 Å². The number of rotatable bonds is 4. The molecular weight excluding hydrogens is 216 g/mol. The first-order chi connectivity index (χ1) is 6.91. The van der Waals surface area contributed by atoms with Gasteiger partial charge in [0, 0.05) is 25.7 Å². The Morgan fingerprint density at radius 1 is 1.53 bits per heavy atom. The lowest BCUT2D eigenvalue weighted by atomic mass is 10.2. The second-order valence-electron chi connectivity index (χ2n) is 4.21. The lowest BCUT2D eigenvalue weighted by molar-refractivity contribution is 0.205. The molecule has 1 aliphatic rings. The zero-order chi connectivity index (χ0) is 11.6. The maximum atomic E-state index is 12.1. The molecule has 0 aromatic heterocycles. The molecule has 0 aromatic rings. The first-order valence-corrected chi connectivity index (χ1v) is 6.66. The Balaban J connectivity index is 2.86. The van der Waals surface area contributed by atoms with Crippen LogP contribution in [0.1, 0.15) is 26.7 Å². The molecule has 1 aliphatic heterocycles. The van der Waals surface area contributed by atoms with Crippen molar-refractivity contribution in [1.29, 1.82) is 0 Å². The number of aliphatic hydroxyl groups excluding tert-OH is 1. The number of aliphatic hydroxyl groups is 1. The van der Waals surface area contributed by atoms with Crippen LogP contribution in [0.3, 0.4) is 0 Å². The van der Waals surface area contributed by atoms with Crippen LogP contribution in [0.4, 0.5) is 0 Å². The molecule has 0 bridgehead atoms. The molecule has 1 atom stereocenters. The summed E-state index contributed by atoms with van der Waals surface area (Å²) in [5.41, 5.74) is 0. The van der Waals surface area contributed by atoms with E-state index in [-0.39, 0.29) is 18.7 Å². The second kappa shape index (κ2) is 4.78. The van der Waals surface area contributed by atoms with Gasteiger partial charge in [0.1, 0.15) is 0 Å². The summed E-state index contributed by atoms with van der Waals surface area (Å²) < 4.78 is 26.9. The molecule has 0 saturated carbocycles. The van der Waals surface area contributed by atoms with Gasteiger partial charge in [-0.2, -0.15) is 17.0 Å². The molecule has 1 N–H and O–H groups in total. The molecule has 0 spiro atoms. The van der Waals surface area contributed by atoms with E-state index in [1.165, 1.54) is 8.61 Å². The topological polar surface area (TPSA) is 60.9 Å². The van der Waals surface area contributed by atoms with Crippen molar-refractivity contribution < 1.29 is 13.5 Å². The molecule has 0 amide bonds. The highest BCUT2D eigenvalue weighted by atomic mass is 32.2. The van der Waals surface area contributed by atoms with E-state index < -0.39 is 10.2 Å². The first kappa shape index (κ1) is 12.9. The van der Waals surface area contributed by atoms with E-state index in [0.717, 1.165) is 12.8 Å². The molecule has 5 nitrogen and oxygen atoms in total. The molecule has 90 valence electrons. The van der Waals surface area contributed by atoms with Gasteiger partial charge in [0.25, 0.3) is 10.2 Å². The molecule has 6 heteroatoms. The van der Waals surface area contributed by atoms with Gasteiger partial charge in [-0.05, 0) is 26.7 Å². The van der Waals surface area contributed by atoms with E-state index in [1.807, 2.05) is 13.8 Å². The summed E-state index contributed by atoms with van der Waals surface area (Å²) in [4.78, 5) is 0. The molecule has 1 fully saturated rings. The minimum absolute atomic E-state index is 0.0602. The van der Waals surface area contributed by atoms with Crippen LogP contribution in [0.25, 0.3) is 0 Å². The lowest BCUT2D eigenvalue weighted by Crippen LogP contribution is -2.47. The highest BCUT2D eigenvalue weighted by molar-refractivity contribution is 7.86. The van der Waals surface area contributed by atoms with E-state index >= 15 is 0 Å². The summed E-state index contributed by atoms with van der Waals surface area (Å²) in [5.74, 6) is 0. The summed E-state index contributed by atoms with van der Waals surface area (Å²) in [6.07, 6.45) is 1.58. The average molecular weight is 236 g/mol. The molecule has 1 saturated heterocycles. The minimum Gasteiger partial charge on any atom is -0.395 e. The smallest absolute Gasteiger partial charge is 0.282 e. The fourth-order valence-corrected chi connectivity index (χ4v) is 3.50. The van der Waals surface area contributed by atoms with Crippen LogP contribution in [0.15, 0.2) is 0 Å². The van der Waals surface area contributed by atoms with Crippen LogP contribution in [-0.2, 0) is 10.2 Å². The Hall–Kier alpha value is -0.170. The van der Waals surface area contributed by atoms with Crippen LogP contribution >= 0.6 is 0 Å². The summed E-state index contributed by atoms with van der Waals surface area (Å²) >= 11 is 0. The van der Waals surface area contributed by atoms with Gasteiger partial charge in [-0.25, -0.2) is 0 Å². The third kappa shape index (κ3) is 2.50. The number of nitrogens with zero attached hydrogens (tertiary/aromatic N) is 2. The summed E-state index contributed by atoms with van der Waals surface area (Å²) in [7, 11) is -1.82. The molecule has 1 heterocycles. The standard InChI is InChI=1S/C9H20N2O3S/c1-8(2)10(3)15(13,14)11-6-4-5-9(11)7-12/h8-9,12H,4-7H2,1-3H3/t9-/m1/s1. The van der Waals surface area contributed by atoms with Crippen molar-refractivity contribution in [2.45, 2.75) is 38.8 Å². The fraction of sp³-hybridized carbons (Fsp3) is 1.00. The Kier molecular flexibility index (Phi) is 4.11. The maximum Gasteiger partial charge on any atom is 0.282 e. The highest BCUT2D eigenvalue weighted by Gasteiger charge is 2.36. The van der Waals surface area contributed by atoms with Crippen LogP contribution in [-0.4, -0.2) is 54.4 Å². The quantitative estimate of drug-likeness (QED) is 0.749. The van der Waals surface area contributed by atoms with Crippen molar-refractivity contribution >= 4 is 10.2 Å². The van der Waals surface area contributed by atoms with Crippen molar-refractivity contribution in [3.05, 3.63) is 0 Å². The van der Waals surface area contributed by atoms with Crippen molar-refractivity contribution in [1.82, 2.24) is 8.61 Å². The van der Waals surface area contributed by atoms with E-state index in [4.69, 9.17) is 5.11 Å². The molecule has 0 aliphatic carbocycles. The zero-order valence-electron chi connectivity index (χ0n) is 9.55. The molecular formula is C9H20N2O3S. The normalized spacial score (nSPS) is 24.3. The Morgan fingerprint density at radius 2 is 2.13 bits per heavy atom. The van der Waals surface area contributed by atoms with E-state index in [1.54, 1.807) is 7.05 Å². The Bertz CT molecular complexity index is 302. The van der Waals surface area contributed by atoms with Gasteiger partial charge in [0.2, 0.25) is 0 Å². The third-order valence-electron chi connectivity index (χ3n) is 2.92. The first-order valence-electron chi connectivity index (χ1n) is 5.27. The number of hydrogen-bond donors (Lipinski definition) is 1. The average Bonchev–Trinajstić information content (AvgIpc) is 2.64. The van der Waals surface area contributed by atoms with E-state index in [0.29, 0.717) is 6.54 Å². The summed E-state index contributed by atoms with van der Waals surface area (Å²) in [5, 5.41) is 9.10. The predicted molar refractivity (Wildman–Crippen MR) is 58.6 cm³/mol. The summed E-state index contributed by atoms with van der Waals surface area (Å²) in [6, 6.07) is -0.300. The molecule has 15 heavy (non-hydrogen) atoms. The van der Waals surface area contributed by atoms with Gasteiger partial charge in [-0.1, -0.05) is 0 Å². The van der Waals surface area contributed by atoms with Gasteiger partial charge in [-0.3, -0.25) is 0 Å². The van der Waals surface area contributed by atoms with Gasteiger partial charge < -0.3 is 5.11 Å². The second-order valence-corrected chi connectivity index (χ2v) is 6.15. The zero-order valence-corrected chi connectivity index (χ0v) is 10.4. The van der Waals surface area contributed by atoms with Crippen LogP contribution in [0.5, 0.6) is 0 Å². The monoisotopic (exact) mass is 236 g/mol. The van der Waals surface area contributed by atoms with Crippen molar-refractivity contribution in [3.8, 4) is 0 Å². The predicted octanol–water partition coefficient (Wildman–Crippen LogP) is 0.0281. The van der Waals surface area contributed by atoms with Crippen LogP contribution < -0.4 is 0 Å². The largest absolute Gasteiger partial charge is 0.395 e. The SMILES string of the molecule is CC(C)N(C)S(=O)(=O)N1CCC[C@@H]1CO. The Morgan fingerprint density at radius 3 is 2.60 bits per heavy atom. The van der Waals surface area contributed by atoms with Gasteiger partial charge in [-0.15, -0.1) is 0 Å². The van der Waals surface area contributed by atoms with Crippen molar-refractivity contribution in [3.63, 3.8) is 0 Å². The Labute approximate surface area is 91.9 Å². The minimum atomic E-state index is -3.39. The molecule has 1 rings (SSSR count). The number of hydrogen-bond acceptors (Lipinski definition) is 3. The lowest BCUT2D eigenvalue weighted by Gasteiger charge is -2.29. The van der Waals surface area contributed by atoms with Crippen molar-refractivity contribution in [2.24, 2.45) is 0 Å². The fourth-order valence-electron chi connectivity index (χ4n) is 1.73. The molecule has 0 unspecified atom stereocenters. The van der Waals surface area contributed by atoms with Gasteiger partial charge in [0.15, 0.2) is 0 Å². The van der Waals surface area contributed by atoms with E-state index in [2.05, 4.69) is 0 Å². The molecule has 0 aromatic carbocycles. The molecule has 0 radical (unpaired) electrons. The van der Waals surface area contributed by atoms with Crippen molar-refractivity contribution in [2.75, 3.05) is 20.2 Å². The maximum absolute atomic E-state index is 12.1. The third-order valence-corrected chi connectivity index (χ3v) is 5.14. The van der Waals surface area contributed by atoms with Crippen LogP contribution in [0.2, 0.25) is 0 Å². The van der Waals surface area contributed by atoms with Gasteiger partial charge >= 0.3 is 0 Å². The van der Waals surface area contributed by atoms with Gasteiger partial charge in [0.05, 0.1) is 6.61 Å². The van der Waals surface area contributed by atoms with Crippen LogP contribution in [0, 0.1) is 0 Å².